The van der Waals surface area contributed by atoms with Gasteiger partial charge in [-0.15, -0.1) is 10.2 Å². The van der Waals surface area contributed by atoms with Gasteiger partial charge in [0.05, 0.1) is 0 Å². The Bertz CT molecular complexity index is 610. The molecule has 1 aliphatic heterocycles. The maximum Gasteiger partial charge on any atom is 0.276 e. The zero-order chi connectivity index (χ0) is 15.2. The average Bonchev–Trinajstić information content (AvgIpc) is 2.85. The minimum Gasteiger partial charge on any atom is -0.354 e. The third kappa shape index (κ3) is 3.76. The molecule has 5 nitrogen and oxygen atoms in total. The molecule has 0 unspecified atom stereocenters. The summed E-state index contributed by atoms with van der Waals surface area (Å²) in [5.41, 5.74) is 1.08. The van der Waals surface area contributed by atoms with Crippen LogP contribution in [0.3, 0.4) is 0 Å². The Kier molecular flexibility index (Phi) is 4.90. The van der Waals surface area contributed by atoms with E-state index in [9.17, 15) is 4.79 Å². The monoisotopic (exact) mass is 314 g/mol. The van der Waals surface area contributed by atoms with Crippen LogP contribution in [0.15, 0.2) is 42.5 Å². The Balaban J connectivity index is 1.66. The van der Waals surface area contributed by atoms with Crippen molar-refractivity contribution in [3.63, 3.8) is 0 Å². The van der Waals surface area contributed by atoms with Crippen LogP contribution < -0.4 is 10.2 Å². The van der Waals surface area contributed by atoms with Crippen molar-refractivity contribution in [2.24, 2.45) is 0 Å². The van der Waals surface area contributed by atoms with Crippen molar-refractivity contribution in [1.82, 2.24) is 10.2 Å². The van der Waals surface area contributed by atoms with E-state index in [2.05, 4.69) is 20.4 Å². The minimum atomic E-state index is -0.239. The van der Waals surface area contributed by atoms with E-state index in [4.69, 9.17) is 0 Å². The van der Waals surface area contributed by atoms with Crippen molar-refractivity contribution >= 4 is 29.2 Å². The first-order valence-corrected chi connectivity index (χ1v) is 8.51. The SMILES string of the molecule is O=C(Nc1ccccc1)c1ccc(N2CCCSCC2)nn1. The molecule has 1 N–H and O–H groups in total. The first-order chi connectivity index (χ1) is 10.8. The molecule has 1 aliphatic rings. The van der Waals surface area contributed by atoms with Gasteiger partial charge in [-0.25, -0.2) is 0 Å². The molecular weight excluding hydrogens is 296 g/mol. The number of para-hydroxylation sites is 1. The van der Waals surface area contributed by atoms with Crippen LogP contribution in [0.25, 0.3) is 0 Å². The summed E-state index contributed by atoms with van der Waals surface area (Å²) in [5.74, 6) is 2.91. The lowest BCUT2D eigenvalue weighted by Gasteiger charge is -2.20. The first kappa shape index (κ1) is 14.8. The van der Waals surface area contributed by atoms with Crippen LogP contribution in [-0.2, 0) is 0 Å². The van der Waals surface area contributed by atoms with Crippen molar-refractivity contribution in [1.29, 1.82) is 0 Å². The summed E-state index contributed by atoms with van der Waals surface area (Å²) in [7, 11) is 0. The Labute approximate surface area is 134 Å². The molecule has 0 radical (unpaired) electrons. The van der Waals surface area contributed by atoms with Gasteiger partial charge < -0.3 is 10.2 Å². The molecular formula is C16H18N4OS. The van der Waals surface area contributed by atoms with Crippen LogP contribution in [-0.4, -0.2) is 40.7 Å². The van der Waals surface area contributed by atoms with Gasteiger partial charge in [0.1, 0.15) is 0 Å². The maximum absolute atomic E-state index is 12.1. The second-order valence-corrected chi connectivity index (χ2v) is 6.27. The zero-order valence-corrected chi connectivity index (χ0v) is 13.1. The molecule has 22 heavy (non-hydrogen) atoms. The van der Waals surface area contributed by atoms with Gasteiger partial charge in [0.15, 0.2) is 11.5 Å². The highest BCUT2D eigenvalue weighted by Gasteiger charge is 2.13. The number of benzene rings is 1. The fraction of sp³-hybridized carbons (Fsp3) is 0.312. The summed E-state index contributed by atoms with van der Waals surface area (Å²) < 4.78 is 0. The highest BCUT2D eigenvalue weighted by Crippen LogP contribution is 2.16. The maximum atomic E-state index is 12.1. The van der Waals surface area contributed by atoms with Gasteiger partial charge in [0.2, 0.25) is 0 Å². The first-order valence-electron chi connectivity index (χ1n) is 7.36. The lowest BCUT2D eigenvalue weighted by molar-refractivity contribution is 0.102. The lowest BCUT2D eigenvalue weighted by atomic mass is 10.3. The zero-order valence-electron chi connectivity index (χ0n) is 12.2. The van der Waals surface area contributed by atoms with Gasteiger partial charge in [0, 0.05) is 24.5 Å². The summed E-state index contributed by atoms with van der Waals surface area (Å²) in [6.07, 6.45) is 1.16. The second-order valence-electron chi connectivity index (χ2n) is 5.05. The molecule has 2 aromatic rings. The van der Waals surface area contributed by atoms with Gasteiger partial charge in [0.25, 0.3) is 5.91 Å². The molecule has 0 atom stereocenters. The van der Waals surface area contributed by atoms with Crippen molar-refractivity contribution in [3.05, 3.63) is 48.2 Å². The fourth-order valence-electron chi connectivity index (χ4n) is 2.31. The third-order valence-corrected chi connectivity index (χ3v) is 4.51. The van der Waals surface area contributed by atoms with E-state index in [0.29, 0.717) is 5.69 Å². The Morgan fingerprint density at radius 3 is 2.68 bits per heavy atom. The van der Waals surface area contributed by atoms with E-state index in [-0.39, 0.29) is 5.91 Å². The van der Waals surface area contributed by atoms with Crippen LogP contribution in [0, 0.1) is 0 Å². The molecule has 0 saturated carbocycles. The molecule has 0 bridgehead atoms. The normalized spacial score (nSPS) is 15.2. The van der Waals surface area contributed by atoms with Gasteiger partial charge in [-0.2, -0.15) is 11.8 Å². The van der Waals surface area contributed by atoms with E-state index >= 15 is 0 Å². The van der Waals surface area contributed by atoms with Gasteiger partial charge >= 0.3 is 0 Å². The molecule has 2 heterocycles. The van der Waals surface area contributed by atoms with E-state index in [1.54, 1.807) is 6.07 Å². The van der Waals surface area contributed by atoms with E-state index < -0.39 is 0 Å². The number of nitrogens with one attached hydrogen (secondary N) is 1. The molecule has 3 rings (SSSR count). The second kappa shape index (κ2) is 7.26. The largest absolute Gasteiger partial charge is 0.354 e. The molecule has 1 aromatic carbocycles. The molecule has 114 valence electrons. The van der Waals surface area contributed by atoms with Crippen molar-refractivity contribution in [3.8, 4) is 0 Å². The van der Waals surface area contributed by atoms with Crippen LogP contribution in [0.4, 0.5) is 11.5 Å². The summed E-state index contributed by atoms with van der Waals surface area (Å²) in [4.78, 5) is 14.4. The number of hydrogen-bond acceptors (Lipinski definition) is 5. The molecule has 1 fully saturated rings. The predicted octanol–water partition coefficient (Wildman–Crippen LogP) is 2.67. The summed E-state index contributed by atoms with van der Waals surface area (Å²) >= 11 is 1.97. The highest BCUT2D eigenvalue weighted by molar-refractivity contribution is 7.99. The van der Waals surface area contributed by atoms with Crippen LogP contribution >= 0.6 is 11.8 Å². The molecule has 1 aromatic heterocycles. The smallest absolute Gasteiger partial charge is 0.276 e. The summed E-state index contributed by atoms with van der Waals surface area (Å²) in [6.45, 7) is 1.98. The molecule has 1 saturated heterocycles. The summed E-state index contributed by atoms with van der Waals surface area (Å²) in [5, 5.41) is 11.1. The van der Waals surface area contributed by atoms with Crippen LogP contribution in [0.5, 0.6) is 0 Å². The quantitative estimate of drug-likeness (QED) is 0.944. The molecule has 6 heteroatoms. The number of carbonyl (C=O) groups excluding carboxylic acids is 1. The number of carbonyl (C=O) groups is 1. The standard InChI is InChI=1S/C16H18N4OS/c21-16(17-13-5-2-1-3-6-13)14-7-8-15(19-18-14)20-9-4-11-22-12-10-20/h1-3,5-8H,4,9-12H2,(H,17,21). The Morgan fingerprint density at radius 1 is 1.05 bits per heavy atom. The van der Waals surface area contributed by atoms with Gasteiger partial charge in [-0.05, 0) is 36.4 Å². The number of rotatable bonds is 3. The predicted molar refractivity (Wildman–Crippen MR) is 90.6 cm³/mol. The number of nitrogens with zero attached hydrogens (tertiary/aromatic N) is 3. The fourth-order valence-corrected chi connectivity index (χ4v) is 3.19. The number of aromatic nitrogens is 2. The van der Waals surface area contributed by atoms with Gasteiger partial charge in [-0.1, -0.05) is 18.2 Å². The summed E-state index contributed by atoms with van der Waals surface area (Å²) in [6, 6.07) is 13.0. The van der Waals surface area contributed by atoms with E-state index in [1.807, 2.05) is 48.2 Å². The number of thioether (sulfide) groups is 1. The average molecular weight is 314 g/mol. The third-order valence-electron chi connectivity index (χ3n) is 3.46. The Morgan fingerprint density at radius 2 is 1.91 bits per heavy atom. The van der Waals surface area contributed by atoms with Crippen molar-refractivity contribution in [2.75, 3.05) is 34.8 Å². The number of anilines is 2. The molecule has 1 amide bonds. The number of hydrogen-bond donors (Lipinski definition) is 1. The highest BCUT2D eigenvalue weighted by atomic mass is 32.2. The topological polar surface area (TPSA) is 58.1 Å². The number of amides is 1. The lowest BCUT2D eigenvalue weighted by Crippen LogP contribution is -2.27. The van der Waals surface area contributed by atoms with Crippen LogP contribution in [0.1, 0.15) is 16.9 Å². The van der Waals surface area contributed by atoms with Crippen molar-refractivity contribution < 1.29 is 4.79 Å². The minimum absolute atomic E-state index is 0.239. The van der Waals surface area contributed by atoms with Crippen LogP contribution in [0.2, 0.25) is 0 Å². The van der Waals surface area contributed by atoms with Crippen molar-refractivity contribution in [2.45, 2.75) is 6.42 Å². The van der Waals surface area contributed by atoms with E-state index in [0.717, 1.165) is 36.8 Å². The molecule has 0 aliphatic carbocycles. The Hall–Kier alpha value is -2.08. The van der Waals surface area contributed by atoms with Gasteiger partial charge in [-0.3, -0.25) is 4.79 Å². The molecule has 0 spiro atoms. The van der Waals surface area contributed by atoms with E-state index in [1.165, 1.54) is 5.75 Å².